The second-order valence-electron chi connectivity index (χ2n) is 5.78. The lowest BCUT2D eigenvalue weighted by molar-refractivity contribution is -0.128. The first kappa shape index (κ1) is 10.9. The number of rotatable bonds is 3. The van der Waals surface area contributed by atoms with Gasteiger partial charge in [0.15, 0.2) is 0 Å². The molecule has 1 atom stereocenters. The summed E-state index contributed by atoms with van der Waals surface area (Å²) in [6, 6.07) is 0. The van der Waals surface area contributed by atoms with Crippen molar-refractivity contribution in [1.29, 1.82) is 0 Å². The van der Waals surface area contributed by atoms with E-state index < -0.39 is 5.54 Å². The molecule has 0 aromatic carbocycles. The predicted octanol–water partition coefficient (Wildman–Crippen LogP) is 1.56. The molecule has 2 aliphatic rings. The summed E-state index contributed by atoms with van der Waals surface area (Å²) < 4.78 is 0. The summed E-state index contributed by atoms with van der Waals surface area (Å²) in [5.41, 5.74) is 5.45. The Labute approximate surface area is 91.8 Å². The minimum atomic E-state index is -0.647. The van der Waals surface area contributed by atoms with Crippen LogP contribution >= 0.6 is 0 Å². The Kier molecular flexibility index (Phi) is 2.53. The zero-order chi connectivity index (χ0) is 11.1. The topological polar surface area (TPSA) is 55.1 Å². The van der Waals surface area contributed by atoms with Gasteiger partial charge in [-0.25, -0.2) is 0 Å². The van der Waals surface area contributed by atoms with Gasteiger partial charge in [0.2, 0.25) is 5.91 Å². The van der Waals surface area contributed by atoms with Crippen molar-refractivity contribution >= 4 is 5.91 Å². The average molecular weight is 210 g/mol. The lowest BCUT2D eigenvalue weighted by Gasteiger charge is -2.31. The molecule has 2 aliphatic carbocycles. The third-order valence-corrected chi connectivity index (χ3v) is 4.04. The molecule has 2 rings (SSSR count). The molecule has 2 saturated carbocycles. The van der Waals surface area contributed by atoms with E-state index in [-0.39, 0.29) is 11.4 Å². The molecule has 0 aliphatic heterocycles. The van der Waals surface area contributed by atoms with Gasteiger partial charge in [0, 0.05) is 5.54 Å². The zero-order valence-corrected chi connectivity index (χ0v) is 9.81. The highest BCUT2D eigenvalue weighted by atomic mass is 16.2. The third kappa shape index (κ3) is 2.17. The molecule has 0 bridgehead atoms. The molecule has 3 N–H and O–H groups in total. The largest absolute Gasteiger partial charge is 0.349 e. The van der Waals surface area contributed by atoms with Gasteiger partial charge in [-0.3, -0.25) is 4.79 Å². The Hall–Kier alpha value is -0.570. The van der Waals surface area contributed by atoms with E-state index in [1.165, 1.54) is 12.8 Å². The van der Waals surface area contributed by atoms with Crippen molar-refractivity contribution in [3.63, 3.8) is 0 Å². The smallest absolute Gasteiger partial charge is 0.240 e. The normalized spacial score (nSPS) is 28.5. The van der Waals surface area contributed by atoms with Crippen LogP contribution < -0.4 is 11.1 Å². The molecular weight excluding hydrogens is 188 g/mol. The molecule has 0 radical (unpaired) electrons. The molecular formula is C12H22N2O. The van der Waals surface area contributed by atoms with Crippen LogP contribution in [0.15, 0.2) is 0 Å². The fourth-order valence-corrected chi connectivity index (χ4v) is 2.56. The average Bonchev–Trinajstić information content (AvgIpc) is 2.91. The van der Waals surface area contributed by atoms with E-state index in [9.17, 15) is 4.79 Å². The highest BCUT2D eigenvalue weighted by molar-refractivity contribution is 5.87. The Morgan fingerprint density at radius 3 is 2.40 bits per heavy atom. The molecule has 0 aromatic heterocycles. The van der Waals surface area contributed by atoms with Gasteiger partial charge in [0.1, 0.15) is 0 Å². The molecule has 3 nitrogen and oxygen atoms in total. The van der Waals surface area contributed by atoms with Crippen LogP contribution in [0.5, 0.6) is 0 Å². The van der Waals surface area contributed by atoms with Crippen molar-refractivity contribution in [2.45, 2.75) is 63.5 Å². The molecule has 1 unspecified atom stereocenters. The summed E-state index contributed by atoms with van der Waals surface area (Å²) in [4.78, 5) is 12.1. The van der Waals surface area contributed by atoms with E-state index in [4.69, 9.17) is 5.73 Å². The monoisotopic (exact) mass is 210 g/mol. The van der Waals surface area contributed by atoms with E-state index in [0.717, 1.165) is 25.7 Å². The maximum atomic E-state index is 12.1. The summed E-state index contributed by atoms with van der Waals surface area (Å²) in [7, 11) is 0. The van der Waals surface area contributed by atoms with Gasteiger partial charge < -0.3 is 11.1 Å². The summed E-state index contributed by atoms with van der Waals surface area (Å²) in [6.07, 6.45) is 6.86. The molecule has 0 saturated heterocycles. The summed E-state index contributed by atoms with van der Waals surface area (Å²) in [6.45, 7) is 4.01. The number of nitrogens with two attached hydrogens (primary N) is 1. The maximum absolute atomic E-state index is 12.1. The van der Waals surface area contributed by atoms with Gasteiger partial charge in [-0.2, -0.15) is 0 Å². The van der Waals surface area contributed by atoms with E-state index in [0.29, 0.717) is 5.92 Å². The van der Waals surface area contributed by atoms with Crippen molar-refractivity contribution in [3.8, 4) is 0 Å². The van der Waals surface area contributed by atoms with Crippen molar-refractivity contribution in [2.75, 3.05) is 0 Å². The quantitative estimate of drug-likeness (QED) is 0.742. The fourth-order valence-electron chi connectivity index (χ4n) is 2.56. The van der Waals surface area contributed by atoms with Crippen LogP contribution in [0.2, 0.25) is 0 Å². The highest BCUT2D eigenvalue weighted by Gasteiger charge is 2.46. The lowest BCUT2D eigenvalue weighted by atomic mass is 9.93. The van der Waals surface area contributed by atoms with Crippen LogP contribution in [-0.4, -0.2) is 17.0 Å². The van der Waals surface area contributed by atoms with Crippen LogP contribution in [0.1, 0.15) is 52.4 Å². The number of amides is 1. The van der Waals surface area contributed by atoms with Crippen molar-refractivity contribution in [2.24, 2.45) is 11.7 Å². The van der Waals surface area contributed by atoms with Gasteiger partial charge >= 0.3 is 0 Å². The van der Waals surface area contributed by atoms with E-state index >= 15 is 0 Å². The van der Waals surface area contributed by atoms with Gasteiger partial charge in [0.25, 0.3) is 0 Å². The standard InChI is InChI=1S/C12H22N2O/c1-11(7-3-4-8-11)14-10(15)12(2,13)9-5-6-9/h9H,3-8,13H2,1-2H3,(H,14,15). The Bertz CT molecular complexity index is 263. The van der Waals surface area contributed by atoms with Gasteiger partial charge in [-0.05, 0) is 45.4 Å². The fraction of sp³-hybridized carbons (Fsp3) is 0.917. The number of nitrogens with one attached hydrogen (secondary N) is 1. The number of hydrogen-bond donors (Lipinski definition) is 2. The van der Waals surface area contributed by atoms with Gasteiger partial charge in [-0.15, -0.1) is 0 Å². The van der Waals surface area contributed by atoms with E-state index in [1.54, 1.807) is 0 Å². The molecule has 3 heteroatoms. The van der Waals surface area contributed by atoms with Crippen LogP contribution in [0, 0.1) is 5.92 Å². The molecule has 86 valence electrons. The minimum absolute atomic E-state index is 0.00655. The summed E-state index contributed by atoms with van der Waals surface area (Å²) in [5, 5.41) is 3.15. The Morgan fingerprint density at radius 2 is 1.93 bits per heavy atom. The molecule has 0 heterocycles. The highest BCUT2D eigenvalue weighted by Crippen LogP contribution is 2.39. The lowest BCUT2D eigenvalue weighted by Crippen LogP contribution is -2.58. The number of carbonyl (C=O) groups excluding carboxylic acids is 1. The van der Waals surface area contributed by atoms with Gasteiger partial charge in [-0.1, -0.05) is 12.8 Å². The van der Waals surface area contributed by atoms with E-state index in [2.05, 4.69) is 12.2 Å². The van der Waals surface area contributed by atoms with Crippen LogP contribution in [0.3, 0.4) is 0 Å². The third-order valence-electron chi connectivity index (χ3n) is 4.04. The van der Waals surface area contributed by atoms with Crippen LogP contribution in [0.4, 0.5) is 0 Å². The molecule has 2 fully saturated rings. The van der Waals surface area contributed by atoms with Crippen LogP contribution in [0.25, 0.3) is 0 Å². The Balaban J connectivity index is 1.96. The second kappa shape index (κ2) is 3.48. The first-order valence-electron chi connectivity index (χ1n) is 6.06. The first-order valence-corrected chi connectivity index (χ1v) is 6.06. The van der Waals surface area contributed by atoms with E-state index in [1.807, 2.05) is 6.92 Å². The minimum Gasteiger partial charge on any atom is -0.349 e. The Morgan fingerprint density at radius 1 is 1.40 bits per heavy atom. The maximum Gasteiger partial charge on any atom is 0.240 e. The summed E-state index contributed by atoms with van der Waals surface area (Å²) >= 11 is 0. The molecule has 0 spiro atoms. The first-order chi connectivity index (χ1) is 6.94. The van der Waals surface area contributed by atoms with Crippen molar-refractivity contribution in [3.05, 3.63) is 0 Å². The zero-order valence-electron chi connectivity index (χ0n) is 9.81. The second-order valence-corrected chi connectivity index (χ2v) is 5.78. The molecule has 15 heavy (non-hydrogen) atoms. The molecule has 0 aromatic rings. The predicted molar refractivity (Wildman–Crippen MR) is 60.3 cm³/mol. The summed E-state index contributed by atoms with van der Waals surface area (Å²) in [5.74, 6) is 0.455. The van der Waals surface area contributed by atoms with Crippen molar-refractivity contribution < 1.29 is 4.79 Å². The number of carbonyl (C=O) groups is 1. The van der Waals surface area contributed by atoms with Gasteiger partial charge in [0.05, 0.1) is 5.54 Å². The van der Waals surface area contributed by atoms with Crippen molar-refractivity contribution in [1.82, 2.24) is 5.32 Å². The number of hydrogen-bond acceptors (Lipinski definition) is 2. The van der Waals surface area contributed by atoms with Crippen LogP contribution in [-0.2, 0) is 4.79 Å². The molecule has 1 amide bonds. The SMILES string of the molecule is CC1(NC(=O)C(C)(N)C2CC2)CCCC1.